The summed E-state index contributed by atoms with van der Waals surface area (Å²) in [6.45, 7) is 0.619. The second kappa shape index (κ2) is 8.57. The van der Waals surface area contributed by atoms with Crippen LogP contribution in [0.4, 0.5) is 0 Å². The van der Waals surface area contributed by atoms with E-state index in [1.54, 1.807) is 43.5 Å². The maximum absolute atomic E-state index is 11.7. The van der Waals surface area contributed by atoms with E-state index >= 15 is 0 Å². The number of carbonyl (C=O) groups excluding carboxylic acids is 2. The molecule has 2 amide bonds. The van der Waals surface area contributed by atoms with E-state index in [-0.39, 0.29) is 12.3 Å². The number of hydrogen-bond donors (Lipinski definition) is 3. The number of nitrogens with one attached hydrogen (secondary N) is 2. The molecule has 3 N–H and O–H groups in total. The molecule has 6 nitrogen and oxygen atoms in total. The summed E-state index contributed by atoms with van der Waals surface area (Å²) in [4.78, 5) is 23.5. The van der Waals surface area contributed by atoms with Gasteiger partial charge in [-0.2, -0.15) is 0 Å². The monoisotopic (exact) mass is 328 g/mol. The molecule has 0 aliphatic rings. The average Bonchev–Trinajstić information content (AvgIpc) is 2.61. The Labute approximate surface area is 140 Å². The van der Waals surface area contributed by atoms with Crippen molar-refractivity contribution in [1.29, 1.82) is 0 Å². The molecule has 0 aliphatic heterocycles. The Hall–Kier alpha value is -3.02. The third-order valence-corrected chi connectivity index (χ3v) is 3.45. The topological polar surface area (TPSA) is 87.7 Å². The summed E-state index contributed by atoms with van der Waals surface area (Å²) in [6, 6.07) is 13.9. The quantitative estimate of drug-likeness (QED) is 0.699. The van der Waals surface area contributed by atoms with Crippen LogP contribution in [-0.2, 0) is 22.6 Å². The largest absolute Gasteiger partial charge is 0.508 e. The van der Waals surface area contributed by atoms with E-state index in [0.717, 1.165) is 16.9 Å². The SMILES string of the molecule is COc1ccc(CNC(=O)C(=O)NCCc2ccc(O)cc2)cc1. The lowest BCUT2D eigenvalue weighted by atomic mass is 10.1. The summed E-state index contributed by atoms with van der Waals surface area (Å²) < 4.78 is 5.05. The zero-order chi connectivity index (χ0) is 17.4. The molecule has 0 heterocycles. The third-order valence-electron chi connectivity index (χ3n) is 3.45. The molecule has 0 saturated heterocycles. The molecule has 0 unspecified atom stereocenters. The van der Waals surface area contributed by atoms with E-state index < -0.39 is 11.8 Å². The van der Waals surface area contributed by atoms with Gasteiger partial charge in [-0.05, 0) is 41.8 Å². The normalized spacial score (nSPS) is 10.0. The van der Waals surface area contributed by atoms with Gasteiger partial charge in [-0.3, -0.25) is 9.59 Å². The highest BCUT2D eigenvalue weighted by Gasteiger charge is 2.12. The fraction of sp³-hybridized carbons (Fsp3) is 0.222. The lowest BCUT2D eigenvalue weighted by Crippen LogP contribution is -2.40. The smallest absolute Gasteiger partial charge is 0.309 e. The van der Waals surface area contributed by atoms with Gasteiger partial charge in [0.2, 0.25) is 0 Å². The first-order valence-corrected chi connectivity index (χ1v) is 7.55. The maximum Gasteiger partial charge on any atom is 0.309 e. The van der Waals surface area contributed by atoms with Crippen LogP contribution < -0.4 is 15.4 Å². The standard InChI is InChI=1S/C18H20N2O4/c1-24-16-8-4-14(5-9-16)12-20-18(23)17(22)19-11-10-13-2-6-15(21)7-3-13/h2-9,21H,10-12H2,1H3,(H,19,22)(H,20,23). The van der Waals surface area contributed by atoms with Gasteiger partial charge in [0, 0.05) is 13.1 Å². The van der Waals surface area contributed by atoms with Crippen LogP contribution in [0.3, 0.4) is 0 Å². The minimum absolute atomic E-state index is 0.195. The molecule has 0 saturated carbocycles. The van der Waals surface area contributed by atoms with E-state index in [0.29, 0.717) is 13.0 Å². The number of aromatic hydroxyl groups is 1. The van der Waals surface area contributed by atoms with Gasteiger partial charge in [0.25, 0.3) is 0 Å². The molecule has 0 bridgehead atoms. The van der Waals surface area contributed by atoms with Gasteiger partial charge in [-0.1, -0.05) is 24.3 Å². The molecule has 2 rings (SSSR count). The van der Waals surface area contributed by atoms with Gasteiger partial charge in [-0.25, -0.2) is 0 Å². The Kier molecular flexibility index (Phi) is 6.19. The molecule has 6 heteroatoms. The molecule has 0 aliphatic carbocycles. The first-order chi connectivity index (χ1) is 11.6. The van der Waals surface area contributed by atoms with Gasteiger partial charge in [0.05, 0.1) is 7.11 Å². The second-order valence-electron chi connectivity index (χ2n) is 5.20. The zero-order valence-corrected chi connectivity index (χ0v) is 13.4. The third kappa shape index (κ3) is 5.31. The molecule has 2 aromatic rings. The second-order valence-corrected chi connectivity index (χ2v) is 5.20. The molecule has 0 atom stereocenters. The van der Waals surface area contributed by atoms with Gasteiger partial charge >= 0.3 is 11.8 Å². The summed E-state index contributed by atoms with van der Waals surface area (Å²) in [5.41, 5.74) is 1.84. The number of phenolic OH excluding ortho intramolecular Hbond substituents is 1. The van der Waals surface area contributed by atoms with Crippen LogP contribution >= 0.6 is 0 Å². The number of methoxy groups -OCH3 is 1. The lowest BCUT2D eigenvalue weighted by molar-refractivity contribution is -0.139. The Morgan fingerprint density at radius 2 is 1.50 bits per heavy atom. The van der Waals surface area contributed by atoms with E-state index in [4.69, 9.17) is 4.74 Å². The summed E-state index contributed by atoms with van der Waals surface area (Å²) >= 11 is 0. The number of hydrogen-bond acceptors (Lipinski definition) is 4. The molecule has 126 valence electrons. The van der Waals surface area contributed by atoms with Crippen LogP contribution in [0.2, 0.25) is 0 Å². The van der Waals surface area contributed by atoms with Crippen LogP contribution in [-0.4, -0.2) is 30.6 Å². The molecular weight excluding hydrogens is 308 g/mol. The fourth-order valence-corrected chi connectivity index (χ4v) is 2.07. The highest BCUT2D eigenvalue weighted by atomic mass is 16.5. The zero-order valence-electron chi connectivity index (χ0n) is 13.4. The highest BCUT2D eigenvalue weighted by Crippen LogP contribution is 2.11. The van der Waals surface area contributed by atoms with Gasteiger partial charge < -0.3 is 20.5 Å². The van der Waals surface area contributed by atoms with Crippen LogP contribution in [0.15, 0.2) is 48.5 Å². The first kappa shape index (κ1) is 17.3. The summed E-state index contributed by atoms with van der Waals surface area (Å²) in [7, 11) is 1.58. The predicted octanol–water partition coefficient (Wildman–Crippen LogP) is 1.38. The number of carbonyl (C=O) groups is 2. The summed E-state index contributed by atoms with van der Waals surface area (Å²) in [5.74, 6) is -0.406. The summed E-state index contributed by atoms with van der Waals surface area (Å²) in [5, 5.41) is 14.3. The van der Waals surface area contributed by atoms with Crippen molar-refractivity contribution in [2.45, 2.75) is 13.0 Å². The molecule has 0 aromatic heterocycles. The fourth-order valence-electron chi connectivity index (χ4n) is 2.07. The van der Waals surface area contributed by atoms with Crippen molar-refractivity contribution in [2.75, 3.05) is 13.7 Å². The molecule has 24 heavy (non-hydrogen) atoms. The Morgan fingerprint density at radius 1 is 0.917 bits per heavy atom. The van der Waals surface area contributed by atoms with E-state index in [2.05, 4.69) is 10.6 Å². The minimum Gasteiger partial charge on any atom is -0.508 e. The molecule has 0 spiro atoms. The van der Waals surface area contributed by atoms with Gasteiger partial charge in [0.15, 0.2) is 0 Å². The van der Waals surface area contributed by atoms with Crippen LogP contribution in [0.25, 0.3) is 0 Å². The Balaban J connectivity index is 1.71. The first-order valence-electron chi connectivity index (χ1n) is 7.55. The minimum atomic E-state index is -0.670. The van der Waals surface area contributed by atoms with E-state index in [1.807, 2.05) is 12.1 Å². The Bertz CT molecular complexity index is 681. The number of rotatable bonds is 6. The van der Waals surface area contributed by atoms with E-state index in [9.17, 15) is 14.7 Å². The van der Waals surface area contributed by atoms with Crippen molar-refractivity contribution in [3.8, 4) is 11.5 Å². The van der Waals surface area contributed by atoms with Crippen molar-refractivity contribution in [2.24, 2.45) is 0 Å². The molecule has 0 radical (unpaired) electrons. The van der Waals surface area contributed by atoms with Crippen LogP contribution in [0, 0.1) is 0 Å². The van der Waals surface area contributed by atoms with Crippen LogP contribution in [0.5, 0.6) is 11.5 Å². The van der Waals surface area contributed by atoms with Gasteiger partial charge in [0.1, 0.15) is 11.5 Å². The maximum atomic E-state index is 11.7. The lowest BCUT2D eigenvalue weighted by Gasteiger charge is -2.07. The Morgan fingerprint density at radius 3 is 2.12 bits per heavy atom. The van der Waals surface area contributed by atoms with Crippen molar-refractivity contribution >= 4 is 11.8 Å². The molecular formula is C18H20N2O4. The predicted molar refractivity (Wildman–Crippen MR) is 89.7 cm³/mol. The van der Waals surface area contributed by atoms with Crippen molar-refractivity contribution in [3.63, 3.8) is 0 Å². The number of amides is 2. The molecule has 2 aromatic carbocycles. The van der Waals surface area contributed by atoms with Crippen molar-refractivity contribution in [1.82, 2.24) is 10.6 Å². The number of ether oxygens (including phenoxy) is 1. The molecule has 0 fully saturated rings. The van der Waals surface area contributed by atoms with Crippen LogP contribution in [0.1, 0.15) is 11.1 Å². The van der Waals surface area contributed by atoms with Crippen molar-refractivity contribution < 1.29 is 19.4 Å². The van der Waals surface area contributed by atoms with E-state index in [1.165, 1.54) is 0 Å². The number of phenols is 1. The van der Waals surface area contributed by atoms with Crippen molar-refractivity contribution in [3.05, 3.63) is 59.7 Å². The number of benzene rings is 2. The average molecular weight is 328 g/mol. The summed E-state index contributed by atoms with van der Waals surface area (Å²) in [6.07, 6.45) is 0.581. The van der Waals surface area contributed by atoms with Gasteiger partial charge in [-0.15, -0.1) is 0 Å². The highest BCUT2D eigenvalue weighted by molar-refractivity contribution is 6.35.